The minimum Gasteiger partial charge on any atom is -0.486 e. The van der Waals surface area contributed by atoms with Crippen LogP contribution in [0.4, 0.5) is 4.39 Å². The van der Waals surface area contributed by atoms with Gasteiger partial charge in [-0.3, -0.25) is 19.2 Å². The highest BCUT2D eigenvalue weighted by Crippen LogP contribution is 3.10. The fourth-order valence-corrected chi connectivity index (χ4v) is 10.2. The lowest BCUT2D eigenvalue weighted by Gasteiger charge is -3.10. The molecule has 6 aliphatic carbocycles. The number of hydrogen-bond acceptors (Lipinski definition) is 7. The summed E-state index contributed by atoms with van der Waals surface area (Å²) in [5.74, 6) is 1.99. The van der Waals surface area contributed by atoms with Crippen LogP contribution in [-0.2, 0) is 22.6 Å². The van der Waals surface area contributed by atoms with Crippen molar-refractivity contribution < 1.29 is 28.3 Å². The van der Waals surface area contributed by atoms with Crippen LogP contribution in [0.1, 0.15) is 32.1 Å². The molecule has 0 atom stereocenters. The monoisotopic (exact) mass is 570 g/mol. The van der Waals surface area contributed by atoms with Crippen molar-refractivity contribution in [1.82, 2.24) is 30.1 Å². The van der Waals surface area contributed by atoms with Crippen molar-refractivity contribution >= 4 is 29.2 Å². The molecule has 6 fully saturated rings. The highest BCUT2D eigenvalue weighted by atomic mass is 19.1. The van der Waals surface area contributed by atoms with Crippen LogP contribution in [0.5, 0.6) is 5.75 Å². The van der Waals surface area contributed by atoms with Gasteiger partial charge in [-0.05, 0) is 58.6 Å². The van der Waals surface area contributed by atoms with E-state index in [1.54, 1.807) is 23.1 Å². The summed E-state index contributed by atoms with van der Waals surface area (Å²) >= 11 is 0. The molecule has 0 unspecified atom stereocenters. The predicted molar refractivity (Wildman–Crippen MR) is 142 cm³/mol. The zero-order valence-corrected chi connectivity index (χ0v) is 22.9. The molecule has 3 aromatic rings. The van der Waals surface area contributed by atoms with Crippen LogP contribution in [0, 0.1) is 52.2 Å². The van der Waals surface area contributed by atoms with Gasteiger partial charge in [0.1, 0.15) is 23.7 Å². The van der Waals surface area contributed by atoms with Crippen molar-refractivity contribution in [3.05, 3.63) is 58.8 Å². The second-order valence-corrected chi connectivity index (χ2v) is 13.0. The summed E-state index contributed by atoms with van der Waals surface area (Å²) in [6, 6.07) is 6.69. The van der Waals surface area contributed by atoms with Crippen LogP contribution in [0.2, 0.25) is 0 Å². The quantitative estimate of drug-likeness (QED) is 0.430. The van der Waals surface area contributed by atoms with Crippen molar-refractivity contribution in [3.8, 4) is 5.75 Å². The third kappa shape index (κ3) is 2.47. The Labute approximate surface area is 238 Å². The number of hydrogen-bond donors (Lipinski definition) is 2. The Bertz CT molecular complexity index is 1760. The second-order valence-electron chi connectivity index (χ2n) is 13.0. The number of ketones is 1. The molecule has 12 heteroatoms. The minimum absolute atomic E-state index is 0.0158. The molecule has 3 amide bonds. The van der Waals surface area contributed by atoms with E-state index in [9.17, 15) is 23.6 Å². The maximum Gasteiger partial charge on any atom is 0.270 e. The zero-order chi connectivity index (χ0) is 28.9. The first-order valence-electron chi connectivity index (χ1n) is 14.3. The summed E-state index contributed by atoms with van der Waals surface area (Å²) in [6.07, 6.45) is 1.24. The summed E-state index contributed by atoms with van der Waals surface area (Å²) in [7, 11) is 3.66. The van der Waals surface area contributed by atoms with E-state index in [0.717, 1.165) is 21.8 Å². The average molecular weight is 571 g/mol. The van der Waals surface area contributed by atoms with E-state index in [0.29, 0.717) is 47.8 Å². The molecule has 0 bridgehead atoms. The molecule has 1 aromatic carbocycles. The van der Waals surface area contributed by atoms with Gasteiger partial charge in [0.2, 0.25) is 5.91 Å². The molecule has 214 valence electrons. The molecule has 42 heavy (non-hydrogen) atoms. The molecular weight excluding hydrogens is 543 g/mol. The molecule has 0 saturated heterocycles. The Balaban J connectivity index is 0.909. The highest BCUT2D eigenvalue weighted by molar-refractivity contribution is 5.98. The predicted octanol–water partition coefficient (Wildman–Crippen LogP) is 0.858. The summed E-state index contributed by atoms with van der Waals surface area (Å²) in [5, 5.41) is 9.79. The van der Waals surface area contributed by atoms with Gasteiger partial charge in [-0.15, -0.1) is 0 Å². The van der Waals surface area contributed by atoms with Crippen molar-refractivity contribution in [2.45, 2.75) is 13.0 Å². The maximum absolute atomic E-state index is 14.6. The molecule has 2 aromatic heterocycles. The number of rotatable bonds is 7. The molecule has 10 rings (SSSR count). The summed E-state index contributed by atoms with van der Waals surface area (Å²) < 4.78 is 21.1. The topological polar surface area (TPSA) is 135 Å². The molecule has 3 heterocycles. The molecule has 0 radical (unpaired) electrons. The number of Topliss-reactive ketones (excluding diaryl/α,β-unsaturated/α-hetero) is 1. The zero-order valence-electron chi connectivity index (χ0n) is 22.9. The number of nitrogens with zero attached hydrogens (tertiary/aromatic N) is 4. The Kier molecular flexibility index (Phi) is 4.35. The van der Waals surface area contributed by atoms with E-state index in [-0.39, 0.29) is 59.1 Å². The average Bonchev–Trinajstić information content (AvgIpc) is 3.37. The van der Waals surface area contributed by atoms with Crippen molar-refractivity contribution in [1.29, 1.82) is 0 Å². The standard InChI is InChI=1S/C30H27FN6O5/c1-36(2)28(41)30-22-19-23(30)21-24(30)20(22)29(19,21)11-33-27(40)17-7-16(35-25-15(31)9-34-37(17)25)26(39)32-8-12-3-4-18-13(5-12)6-14(38)10-42-18/h3-5,7,9,19-24H,6,8,10-11H2,1-2H3,(H,32,39)(H,33,40). The number of fused-ring (bicyclic) bond motifs is 2. The van der Waals surface area contributed by atoms with Gasteiger partial charge in [-0.2, -0.15) is 5.10 Å². The van der Waals surface area contributed by atoms with Gasteiger partial charge in [-0.1, -0.05) is 6.07 Å². The first kappa shape index (κ1) is 24.3. The van der Waals surface area contributed by atoms with E-state index in [4.69, 9.17) is 4.74 Å². The van der Waals surface area contributed by atoms with Crippen LogP contribution in [0.25, 0.3) is 5.65 Å². The highest BCUT2D eigenvalue weighted by Gasteiger charge is 3.11. The van der Waals surface area contributed by atoms with E-state index in [1.165, 1.54) is 6.07 Å². The van der Waals surface area contributed by atoms with Crippen molar-refractivity contribution in [2.75, 3.05) is 27.2 Å². The van der Waals surface area contributed by atoms with E-state index >= 15 is 0 Å². The number of benzene rings is 1. The van der Waals surface area contributed by atoms with E-state index < -0.39 is 17.6 Å². The molecule has 0 spiro atoms. The van der Waals surface area contributed by atoms with Crippen LogP contribution in [0.15, 0.2) is 30.5 Å². The van der Waals surface area contributed by atoms with Gasteiger partial charge in [0.05, 0.1) is 11.6 Å². The molecule has 11 nitrogen and oxygen atoms in total. The summed E-state index contributed by atoms with van der Waals surface area (Å²) in [4.78, 5) is 57.0. The Hall–Kier alpha value is -4.35. The van der Waals surface area contributed by atoms with E-state index in [1.807, 2.05) is 14.1 Å². The Morgan fingerprint density at radius 3 is 2.52 bits per heavy atom. The van der Waals surface area contributed by atoms with Gasteiger partial charge >= 0.3 is 0 Å². The summed E-state index contributed by atoms with van der Waals surface area (Å²) in [6.45, 7) is 0.701. The number of carbonyl (C=O) groups is 4. The number of nitrogens with one attached hydrogen (secondary N) is 2. The van der Waals surface area contributed by atoms with Gasteiger partial charge in [0.25, 0.3) is 11.8 Å². The van der Waals surface area contributed by atoms with Crippen molar-refractivity contribution in [2.24, 2.45) is 46.3 Å². The number of ether oxygens (including phenoxy) is 1. The number of halogens is 1. The van der Waals surface area contributed by atoms with Gasteiger partial charge < -0.3 is 20.3 Å². The van der Waals surface area contributed by atoms with Crippen LogP contribution >= 0.6 is 0 Å². The second kappa shape index (κ2) is 7.53. The third-order valence-electron chi connectivity index (χ3n) is 11.4. The lowest BCUT2D eigenvalue weighted by Crippen LogP contribution is -3.12. The van der Waals surface area contributed by atoms with E-state index in [2.05, 4.69) is 20.7 Å². The lowest BCUT2D eigenvalue weighted by atomic mass is 8.92. The van der Waals surface area contributed by atoms with Crippen LogP contribution in [0.3, 0.4) is 0 Å². The van der Waals surface area contributed by atoms with Gasteiger partial charge in [0, 0.05) is 45.2 Å². The lowest BCUT2D eigenvalue weighted by molar-refractivity contribution is -0.639. The van der Waals surface area contributed by atoms with Crippen molar-refractivity contribution in [3.63, 3.8) is 0 Å². The maximum atomic E-state index is 14.6. The molecule has 6 saturated carbocycles. The smallest absolute Gasteiger partial charge is 0.270 e. The summed E-state index contributed by atoms with van der Waals surface area (Å²) in [5.41, 5.74) is 1.18. The molecule has 1 aliphatic heterocycles. The normalized spacial score (nSPS) is 34.8. The minimum atomic E-state index is -0.741. The molecular formula is C30H27FN6O5. The number of carbonyl (C=O) groups excluding carboxylic acids is 4. The van der Waals surface area contributed by atoms with Gasteiger partial charge in [0.15, 0.2) is 17.2 Å². The SMILES string of the molecule is CN(C)C(=O)C12C3C4C1C1C2C3C41CNC(=O)c1cc(C(=O)NCc2ccc3c(c2)CC(=O)CO3)nc2c(F)cnn12. The largest absolute Gasteiger partial charge is 0.486 e. The fraction of sp³-hybridized carbons (Fsp3) is 0.467. The number of amides is 3. The van der Waals surface area contributed by atoms with Crippen LogP contribution < -0.4 is 15.4 Å². The third-order valence-corrected chi connectivity index (χ3v) is 11.4. The first-order valence-corrected chi connectivity index (χ1v) is 14.3. The molecule has 2 N–H and O–H groups in total. The Morgan fingerprint density at radius 2 is 1.81 bits per heavy atom. The Morgan fingerprint density at radius 1 is 1.07 bits per heavy atom. The molecule has 7 aliphatic rings. The fourth-order valence-electron chi connectivity index (χ4n) is 10.2. The van der Waals surface area contributed by atoms with Gasteiger partial charge in [-0.25, -0.2) is 13.9 Å². The first-order chi connectivity index (χ1) is 20.2. The van der Waals surface area contributed by atoms with Crippen LogP contribution in [-0.4, -0.2) is 70.2 Å². The number of aromatic nitrogens is 3.